The summed E-state index contributed by atoms with van der Waals surface area (Å²) in [4.78, 5) is 21.9. The van der Waals surface area contributed by atoms with E-state index in [4.69, 9.17) is 5.11 Å². The van der Waals surface area contributed by atoms with Gasteiger partial charge in [0.15, 0.2) is 5.78 Å². The van der Waals surface area contributed by atoms with Crippen LogP contribution in [-0.2, 0) is 18.3 Å². The van der Waals surface area contributed by atoms with Crippen molar-refractivity contribution in [3.63, 3.8) is 0 Å². The summed E-state index contributed by atoms with van der Waals surface area (Å²) >= 11 is 0. The number of carbonyl (C=O) groups excluding carboxylic acids is 1. The van der Waals surface area contributed by atoms with Crippen molar-refractivity contribution in [1.82, 2.24) is 9.78 Å². The largest absolute Gasteiger partial charge is 0.481 e. The minimum Gasteiger partial charge on any atom is -0.481 e. The van der Waals surface area contributed by atoms with Crippen molar-refractivity contribution >= 4 is 11.8 Å². The summed E-state index contributed by atoms with van der Waals surface area (Å²) in [5, 5.41) is 12.6. The fraction of sp³-hybridized carbons (Fsp3) is 0.500. The standard InChI is InChI=1S/C10H14N2O3/c1-3-8-7(6-12(2)11-8)9(13)4-5-10(14)15/h6H,3-5H2,1-2H3,(H,14,15). The smallest absolute Gasteiger partial charge is 0.303 e. The minimum atomic E-state index is -0.953. The van der Waals surface area contributed by atoms with Gasteiger partial charge in [0.2, 0.25) is 0 Å². The number of aryl methyl sites for hydroxylation is 2. The number of carboxylic acid groups (broad SMARTS) is 1. The lowest BCUT2D eigenvalue weighted by Crippen LogP contribution is -2.05. The second-order valence-corrected chi connectivity index (χ2v) is 3.33. The zero-order chi connectivity index (χ0) is 11.4. The van der Waals surface area contributed by atoms with Gasteiger partial charge in [0, 0.05) is 19.7 Å². The van der Waals surface area contributed by atoms with E-state index >= 15 is 0 Å². The van der Waals surface area contributed by atoms with E-state index in [2.05, 4.69) is 5.10 Å². The average molecular weight is 210 g/mol. The lowest BCUT2D eigenvalue weighted by molar-refractivity contribution is -0.136. The Balaban J connectivity index is 2.76. The molecule has 5 heteroatoms. The number of carboxylic acids is 1. The first-order valence-corrected chi connectivity index (χ1v) is 4.82. The molecular weight excluding hydrogens is 196 g/mol. The summed E-state index contributed by atoms with van der Waals surface area (Å²) in [5.41, 5.74) is 1.27. The Morgan fingerprint density at radius 1 is 1.47 bits per heavy atom. The number of ketones is 1. The topological polar surface area (TPSA) is 72.2 Å². The van der Waals surface area contributed by atoms with E-state index < -0.39 is 5.97 Å². The number of rotatable bonds is 5. The molecule has 0 aliphatic heterocycles. The summed E-state index contributed by atoms with van der Waals surface area (Å²) in [6, 6.07) is 0. The molecule has 15 heavy (non-hydrogen) atoms. The van der Waals surface area contributed by atoms with Crippen LogP contribution in [0.25, 0.3) is 0 Å². The highest BCUT2D eigenvalue weighted by molar-refractivity contribution is 5.98. The third-order valence-electron chi connectivity index (χ3n) is 2.11. The Bertz CT molecular complexity index is 382. The second kappa shape index (κ2) is 4.72. The lowest BCUT2D eigenvalue weighted by Gasteiger charge is -1.97. The molecule has 1 N–H and O–H groups in total. The first-order chi connectivity index (χ1) is 7.04. The van der Waals surface area contributed by atoms with Gasteiger partial charge in [-0.25, -0.2) is 0 Å². The zero-order valence-electron chi connectivity index (χ0n) is 8.86. The summed E-state index contributed by atoms with van der Waals surface area (Å²) in [6.45, 7) is 1.91. The highest BCUT2D eigenvalue weighted by atomic mass is 16.4. The van der Waals surface area contributed by atoms with E-state index in [0.717, 1.165) is 5.69 Å². The van der Waals surface area contributed by atoms with Gasteiger partial charge >= 0.3 is 5.97 Å². The fourth-order valence-corrected chi connectivity index (χ4v) is 1.38. The van der Waals surface area contributed by atoms with Gasteiger partial charge in [-0.15, -0.1) is 0 Å². The zero-order valence-corrected chi connectivity index (χ0v) is 8.86. The van der Waals surface area contributed by atoms with Crippen LogP contribution in [0.1, 0.15) is 35.8 Å². The van der Waals surface area contributed by atoms with Crippen molar-refractivity contribution in [3.8, 4) is 0 Å². The lowest BCUT2D eigenvalue weighted by atomic mass is 10.1. The van der Waals surface area contributed by atoms with E-state index in [1.165, 1.54) is 0 Å². The number of carbonyl (C=O) groups is 2. The number of aliphatic carboxylic acids is 1. The number of hydrogen-bond acceptors (Lipinski definition) is 3. The molecule has 1 heterocycles. The average Bonchev–Trinajstić information content (AvgIpc) is 2.56. The SMILES string of the molecule is CCc1nn(C)cc1C(=O)CCC(=O)O. The molecule has 0 bridgehead atoms. The first kappa shape index (κ1) is 11.4. The molecule has 0 atom stereocenters. The number of hydrogen-bond donors (Lipinski definition) is 1. The van der Waals surface area contributed by atoms with E-state index in [-0.39, 0.29) is 18.6 Å². The molecule has 0 saturated heterocycles. The molecule has 1 rings (SSSR count). The summed E-state index contributed by atoms with van der Waals surface area (Å²) in [6.07, 6.45) is 2.23. The summed E-state index contributed by atoms with van der Waals surface area (Å²) in [7, 11) is 1.74. The predicted molar refractivity (Wildman–Crippen MR) is 53.8 cm³/mol. The Morgan fingerprint density at radius 3 is 2.67 bits per heavy atom. The fourth-order valence-electron chi connectivity index (χ4n) is 1.38. The molecule has 0 fully saturated rings. The molecule has 0 aliphatic carbocycles. The molecule has 1 aromatic rings. The second-order valence-electron chi connectivity index (χ2n) is 3.33. The maximum absolute atomic E-state index is 11.6. The van der Waals surface area contributed by atoms with Gasteiger partial charge < -0.3 is 5.11 Å². The van der Waals surface area contributed by atoms with Crippen LogP contribution in [0.3, 0.4) is 0 Å². The minimum absolute atomic E-state index is 0.0357. The highest BCUT2D eigenvalue weighted by Gasteiger charge is 2.14. The quantitative estimate of drug-likeness (QED) is 0.737. The monoisotopic (exact) mass is 210 g/mol. The van der Waals surface area contributed by atoms with Crippen molar-refractivity contribution in [2.75, 3.05) is 0 Å². The van der Waals surface area contributed by atoms with Crippen LogP contribution in [-0.4, -0.2) is 26.6 Å². The number of Topliss-reactive ketones (excluding diaryl/α,β-unsaturated/α-hetero) is 1. The molecule has 0 aromatic carbocycles. The molecule has 82 valence electrons. The van der Waals surface area contributed by atoms with Crippen molar-refractivity contribution in [1.29, 1.82) is 0 Å². The number of aromatic nitrogens is 2. The van der Waals surface area contributed by atoms with Gasteiger partial charge in [0.25, 0.3) is 0 Å². The molecule has 0 unspecified atom stereocenters. The van der Waals surface area contributed by atoms with Gasteiger partial charge in [-0.3, -0.25) is 14.3 Å². The molecular formula is C10H14N2O3. The van der Waals surface area contributed by atoms with Gasteiger partial charge in [0.05, 0.1) is 17.7 Å². The van der Waals surface area contributed by atoms with Crippen LogP contribution in [0.4, 0.5) is 0 Å². The molecule has 5 nitrogen and oxygen atoms in total. The molecule has 1 aromatic heterocycles. The van der Waals surface area contributed by atoms with Crippen molar-refractivity contribution in [2.24, 2.45) is 7.05 Å². The Labute approximate surface area is 87.7 Å². The van der Waals surface area contributed by atoms with Crippen molar-refractivity contribution in [3.05, 3.63) is 17.5 Å². The Hall–Kier alpha value is -1.65. The van der Waals surface area contributed by atoms with E-state index in [1.54, 1.807) is 17.9 Å². The van der Waals surface area contributed by atoms with E-state index in [1.807, 2.05) is 6.92 Å². The van der Waals surface area contributed by atoms with Crippen LogP contribution >= 0.6 is 0 Å². The third kappa shape index (κ3) is 2.90. The maximum Gasteiger partial charge on any atom is 0.303 e. The summed E-state index contributed by atoms with van der Waals surface area (Å²) in [5.74, 6) is -1.10. The van der Waals surface area contributed by atoms with Gasteiger partial charge in [-0.05, 0) is 6.42 Å². The highest BCUT2D eigenvalue weighted by Crippen LogP contribution is 2.11. The van der Waals surface area contributed by atoms with Gasteiger partial charge in [0.1, 0.15) is 0 Å². The molecule has 0 saturated carbocycles. The number of nitrogens with zero attached hydrogens (tertiary/aromatic N) is 2. The van der Waals surface area contributed by atoms with Crippen LogP contribution in [0.15, 0.2) is 6.20 Å². The van der Waals surface area contributed by atoms with Gasteiger partial charge in [-0.2, -0.15) is 5.10 Å². The molecule has 0 amide bonds. The molecule has 0 aliphatic rings. The molecule has 0 radical (unpaired) electrons. The van der Waals surface area contributed by atoms with Crippen LogP contribution < -0.4 is 0 Å². The van der Waals surface area contributed by atoms with Crippen LogP contribution in [0, 0.1) is 0 Å². The summed E-state index contributed by atoms with van der Waals surface area (Å²) < 4.78 is 1.58. The van der Waals surface area contributed by atoms with E-state index in [0.29, 0.717) is 12.0 Å². The van der Waals surface area contributed by atoms with Gasteiger partial charge in [-0.1, -0.05) is 6.92 Å². The maximum atomic E-state index is 11.6. The molecule has 0 spiro atoms. The van der Waals surface area contributed by atoms with E-state index in [9.17, 15) is 9.59 Å². The van der Waals surface area contributed by atoms with Crippen LogP contribution in [0.2, 0.25) is 0 Å². The normalized spacial score (nSPS) is 10.3. The Kier molecular flexibility index (Phi) is 3.60. The third-order valence-corrected chi connectivity index (χ3v) is 2.11. The first-order valence-electron chi connectivity index (χ1n) is 4.82. The Morgan fingerprint density at radius 2 is 2.13 bits per heavy atom. The van der Waals surface area contributed by atoms with Crippen LogP contribution in [0.5, 0.6) is 0 Å². The van der Waals surface area contributed by atoms with Crippen molar-refractivity contribution in [2.45, 2.75) is 26.2 Å². The predicted octanol–water partition coefficient (Wildman–Crippen LogP) is 1.03. The van der Waals surface area contributed by atoms with Crippen molar-refractivity contribution < 1.29 is 14.7 Å².